The monoisotopic (exact) mass is 163 g/mol. The Morgan fingerprint density at radius 1 is 1.33 bits per heavy atom. The van der Waals surface area contributed by atoms with Crippen molar-refractivity contribution in [2.45, 2.75) is 27.2 Å². The van der Waals surface area contributed by atoms with Gasteiger partial charge in [-0.2, -0.15) is 0 Å². The second kappa shape index (κ2) is 3.72. The van der Waals surface area contributed by atoms with Crippen molar-refractivity contribution in [3.8, 4) is 0 Å². The van der Waals surface area contributed by atoms with Gasteiger partial charge < -0.3 is 5.11 Å². The molecule has 0 bridgehead atoms. The predicted molar refractivity (Wildman–Crippen MR) is 50.5 cm³/mol. The van der Waals surface area contributed by atoms with Gasteiger partial charge in [-0.15, -0.1) is 0 Å². The average Bonchev–Trinajstić information content (AvgIpc) is 2.08. The van der Waals surface area contributed by atoms with Gasteiger partial charge in [0.25, 0.3) is 0 Å². The van der Waals surface area contributed by atoms with E-state index in [2.05, 4.69) is 13.0 Å². The highest BCUT2D eigenvalue weighted by atomic mass is 16.3. The number of hydrogen-bond acceptors (Lipinski definition) is 1. The van der Waals surface area contributed by atoms with Crippen molar-refractivity contribution in [3.05, 3.63) is 41.0 Å². The molecule has 0 aliphatic heterocycles. The molecule has 1 aromatic rings. The topological polar surface area (TPSA) is 20.2 Å². The van der Waals surface area contributed by atoms with Crippen LogP contribution in [0.15, 0.2) is 18.2 Å². The van der Waals surface area contributed by atoms with Crippen molar-refractivity contribution in [1.82, 2.24) is 0 Å². The van der Waals surface area contributed by atoms with Crippen LogP contribution in [0.1, 0.15) is 30.0 Å². The quantitative estimate of drug-likeness (QED) is 0.710. The van der Waals surface area contributed by atoms with E-state index in [0.717, 1.165) is 5.56 Å². The van der Waals surface area contributed by atoms with Gasteiger partial charge >= 0.3 is 0 Å². The second-order valence-electron chi connectivity index (χ2n) is 3.05. The van der Waals surface area contributed by atoms with Crippen LogP contribution in [-0.2, 0) is 0 Å². The number of aryl methyl sites for hydroxylation is 1. The molecule has 0 aromatic heterocycles. The van der Waals surface area contributed by atoms with Crippen LogP contribution in [0.4, 0.5) is 0 Å². The van der Waals surface area contributed by atoms with Crippen LogP contribution in [0.3, 0.4) is 0 Å². The molecule has 1 radical (unpaired) electrons. The molecule has 1 rings (SSSR count). The maximum atomic E-state index is 9.55. The van der Waals surface area contributed by atoms with Gasteiger partial charge in [0.05, 0.1) is 0 Å². The highest BCUT2D eigenvalue weighted by Crippen LogP contribution is 2.21. The number of benzene rings is 1. The smallest absolute Gasteiger partial charge is 0.122 e. The van der Waals surface area contributed by atoms with Gasteiger partial charge in [0.2, 0.25) is 0 Å². The van der Waals surface area contributed by atoms with E-state index in [9.17, 15) is 5.11 Å². The Bertz CT molecular complexity index is 266. The second-order valence-corrected chi connectivity index (χ2v) is 3.05. The average molecular weight is 163 g/mol. The summed E-state index contributed by atoms with van der Waals surface area (Å²) < 4.78 is 0. The molecule has 0 saturated heterocycles. The molecule has 0 unspecified atom stereocenters. The van der Waals surface area contributed by atoms with Crippen LogP contribution in [-0.4, -0.2) is 5.11 Å². The molecule has 1 nitrogen and oxygen atoms in total. The molecule has 1 heteroatoms. The fourth-order valence-electron chi connectivity index (χ4n) is 1.25. The van der Waals surface area contributed by atoms with E-state index in [4.69, 9.17) is 0 Å². The number of rotatable bonds is 2. The lowest BCUT2D eigenvalue weighted by Gasteiger charge is -2.11. The largest absolute Gasteiger partial charge is 0.382 e. The Morgan fingerprint density at radius 3 is 2.58 bits per heavy atom. The zero-order valence-electron chi connectivity index (χ0n) is 7.89. The Labute approximate surface area is 74.1 Å². The Kier molecular flexibility index (Phi) is 2.88. The summed E-state index contributed by atoms with van der Waals surface area (Å²) in [5, 5.41) is 9.55. The van der Waals surface area contributed by atoms with Crippen molar-refractivity contribution in [3.63, 3.8) is 0 Å². The molecule has 0 amide bonds. The molecule has 0 saturated carbocycles. The first kappa shape index (κ1) is 9.27. The SMILES string of the molecule is CC[C](O)c1cccc(C)c1C. The van der Waals surface area contributed by atoms with Gasteiger partial charge in [0.1, 0.15) is 6.10 Å². The van der Waals surface area contributed by atoms with Crippen LogP contribution < -0.4 is 0 Å². The first-order valence-electron chi connectivity index (χ1n) is 4.28. The van der Waals surface area contributed by atoms with Gasteiger partial charge in [-0.25, -0.2) is 0 Å². The van der Waals surface area contributed by atoms with Crippen LogP contribution in [0.25, 0.3) is 0 Å². The number of hydrogen-bond donors (Lipinski definition) is 1. The molecule has 65 valence electrons. The summed E-state index contributed by atoms with van der Waals surface area (Å²) in [4.78, 5) is 0. The molecular formula is C11H15O. The molecule has 1 N–H and O–H groups in total. The van der Waals surface area contributed by atoms with E-state index >= 15 is 0 Å². The van der Waals surface area contributed by atoms with E-state index in [1.807, 2.05) is 26.0 Å². The van der Waals surface area contributed by atoms with E-state index in [0.29, 0.717) is 12.5 Å². The van der Waals surface area contributed by atoms with E-state index in [1.54, 1.807) is 0 Å². The van der Waals surface area contributed by atoms with Crippen LogP contribution in [0.2, 0.25) is 0 Å². The third-order valence-corrected chi connectivity index (χ3v) is 2.25. The Balaban J connectivity index is 3.07. The zero-order valence-corrected chi connectivity index (χ0v) is 7.89. The summed E-state index contributed by atoms with van der Waals surface area (Å²) >= 11 is 0. The predicted octanol–water partition coefficient (Wildman–Crippen LogP) is 2.97. The summed E-state index contributed by atoms with van der Waals surface area (Å²) in [6, 6.07) is 5.99. The third kappa shape index (κ3) is 1.67. The van der Waals surface area contributed by atoms with E-state index < -0.39 is 0 Å². The van der Waals surface area contributed by atoms with E-state index in [1.165, 1.54) is 11.1 Å². The maximum Gasteiger partial charge on any atom is 0.122 e. The van der Waals surface area contributed by atoms with Crippen molar-refractivity contribution in [2.24, 2.45) is 0 Å². The summed E-state index contributed by atoms with van der Waals surface area (Å²) in [6.07, 6.45) is 1.18. The lowest BCUT2D eigenvalue weighted by atomic mass is 9.98. The third-order valence-electron chi connectivity index (χ3n) is 2.25. The molecule has 0 spiro atoms. The number of aliphatic hydroxyl groups is 1. The fourth-order valence-corrected chi connectivity index (χ4v) is 1.25. The first-order valence-corrected chi connectivity index (χ1v) is 4.28. The molecule has 0 aliphatic carbocycles. The van der Waals surface area contributed by atoms with Crippen molar-refractivity contribution in [2.75, 3.05) is 0 Å². The molecule has 0 aliphatic rings. The van der Waals surface area contributed by atoms with Crippen LogP contribution >= 0.6 is 0 Å². The molecule has 1 aromatic carbocycles. The summed E-state index contributed by atoms with van der Waals surface area (Å²) in [7, 11) is 0. The molecular weight excluding hydrogens is 148 g/mol. The summed E-state index contributed by atoms with van der Waals surface area (Å²) in [6.45, 7) is 6.05. The maximum absolute atomic E-state index is 9.55. The number of aliphatic hydroxyl groups excluding tert-OH is 1. The van der Waals surface area contributed by atoms with Gasteiger partial charge in [0, 0.05) is 0 Å². The van der Waals surface area contributed by atoms with Crippen LogP contribution in [0.5, 0.6) is 0 Å². The Hall–Kier alpha value is -0.820. The molecule has 0 heterocycles. The van der Waals surface area contributed by atoms with Gasteiger partial charge in [-0.05, 0) is 37.0 Å². The molecule has 12 heavy (non-hydrogen) atoms. The highest BCUT2D eigenvalue weighted by Gasteiger charge is 2.09. The lowest BCUT2D eigenvalue weighted by molar-refractivity contribution is 0.318. The minimum Gasteiger partial charge on any atom is -0.382 e. The standard InChI is InChI=1S/C11H15O/c1-4-11(12)10-7-5-6-8(2)9(10)3/h5-7,12H,4H2,1-3H3. The van der Waals surface area contributed by atoms with Crippen molar-refractivity contribution < 1.29 is 5.11 Å². The van der Waals surface area contributed by atoms with Crippen LogP contribution in [0, 0.1) is 20.0 Å². The zero-order chi connectivity index (χ0) is 9.14. The highest BCUT2D eigenvalue weighted by molar-refractivity contribution is 5.39. The first-order chi connectivity index (χ1) is 5.66. The molecule has 0 fully saturated rings. The molecule has 0 atom stereocenters. The van der Waals surface area contributed by atoms with Gasteiger partial charge in [-0.3, -0.25) is 0 Å². The van der Waals surface area contributed by atoms with E-state index in [-0.39, 0.29) is 0 Å². The fraction of sp³-hybridized carbons (Fsp3) is 0.364. The normalized spacial score (nSPS) is 10.8. The van der Waals surface area contributed by atoms with Crippen molar-refractivity contribution in [1.29, 1.82) is 0 Å². The minimum absolute atomic E-state index is 0.483. The minimum atomic E-state index is 0.483. The lowest BCUT2D eigenvalue weighted by Crippen LogP contribution is -2.00. The summed E-state index contributed by atoms with van der Waals surface area (Å²) in [5.41, 5.74) is 3.39. The van der Waals surface area contributed by atoms with Gasteiger partial charge in [0.15, 0.2) is 0 Å². The van der Waals surface area contributed by atoms with Crippen molar-refractivity contribution >= 4 is 0 Å². The van der Waals surface area contributed by atoms with Gasteiger partial charge in [-0.1, -0.05) is 25.1 Å². The Morgan fingerprint density at radius 2 is 2.00 bits per heavy atom. The summed E-state index contributed by atoms with van der Waals surface area (Å²) in [5.74, 6) is 0.